The number of rotatable bonds is 7. The molecule has 2 aliphatic heterocycles. The van der Waals surface area contributed by atoms with Gasteiger partial charge in [0.25, 0.3) is 0 Å². The largest absolute Gasteiger partial charge is 0.487 e. The van der Waals surface area contributed by atoms with Gasteiger partial charge in [0.1, 0.15) is 18.5 Å². The number of nitrogens with two attached hydrogens (primary N) is 2. The summed E-state index contributed by atoms with van der Waals surface area (Å²) in [6.45, 7) is 2.61. The number of likely N-dealkylation sites (tertiary alicyclic amines) is 1. The van der Waals surface area contributed by atoms with E-state index in [1.165, 1.54) is 5.01 Å². The minimum absolute atomic E-state index is 0.0112. The van der Waals surface area contributed by atoms with E-state index in [1.807, 2.05) is 0 Å². The molecule has 0 bridgehead atoms. The Morgan fingerprint density at radius 2 is 2.03 bits per heavy atom. The topological polar surface area (TPSA) is 142 Å². The molecule has 2 saturated carbocycles. The molecule has 2 aliphatic carbocycles. The van der Waals surface area contributed by atoms with Gasteiger partial charge in [-0.25, -0.2) is 5.84 Å². The molecular formula is C28H38ClN5O5. The molecule has 1 saturated heterocycles. The van der Waals surface area contributed by atoms with Crippen molar-refractivity contribution in [1.29, 1.82) is 0 Å². The number of ether oxygens (including phenoxy) is 1. The van der Waals surface area contributed by atoms with Crippen LogP contribution in [0.3, 0.4) is 0 Å². The predicted octanol–water partition coefficient (Wildman–Crippen LogP) is 3.00. The van der Waals surface area contributed by atoms with Gasteiger partial charge < -0.3 is 30.4 Å². The first-order valence-corrected chi connectivity index (χ1v) is 14.0. The Bertz CT molecular complexity index is 1210. The van der Waals surface area contributed by atoms with Crippen LogP contribution >= 0.6 is 11.6 Å². The Morgan fingerprint density at radius 3 is 2.67 bits per heavy atom. The fourth-order valence-corrected chi connectivity index (χ4v) is 6.91. The molecule has 5 rings (SSSR count). The summed E-state index contributed by atoms with van der Waals surface area (Å²) >= 11 is 6.69. The van der Waals surface area contributed by atoms with Crippen LogP contribution in [0.5, 0.6) is 5.75 Å². The number of benzene rings is 1. The number of halogens is 1. The first-order valence-electron chi connectivity index (χ1n) is 13.7. The Balaban J connectivity index is 1.57. The quantitative estimate of drug-likeness (QED) is 0.342. The third kappa shape index (κ3) is 5.04. The van der Waals surface area contributed by atoms with Crippen molar-refractivity contribution in [2.24, 2.45) is 28.3 Å². The second kappa shape index (κ2) is 10.2. The molecule has 2 unspecified atom stereocenters. The maximum atomic E-state index is 14.3. The van der Waals surface area contributed by atoms with E-state index >= 15 is 0 Å². The summed E-state index contributed by atoms with van der Waals surface area (Å²) in [5.41, 5.74) is 6.79. The Labute approximate surface area is 233 Å². The highest BCUT2D eigenvalue weighted by Gasteiger charge is 2.56. The van der Waals surface area contributed by atoms with E-state index in [4.69, 9.17) is 27.9 Å². The number of nitrogens with zero attached hydrogens (tertiary/aromatic N) is 3. The van der Waals surface area contributed by atoms with Gasteiger partial charge in [-0.1, -0.05) is 24.4 Å². The highest BCUT2D eigenvalue weighted by molar-refractivity contribution is 6.31. The second-order valence-electron chi connectivity index (χ2n) is 12.0. The Morgan fingerprint density at radius 1 is 1.28 bits per heavy atom. The summed E-state index contributed by atoms with van der Waals surface area (Å²) < 4.78 is 6.16. The van der Waals surface area contributed by atoms with Crippen LogP contribution in [0.25, 0.3) is 0 Å². The van der Waals surface area contributed by atoms with E-state index in [-0.39, 0.29) is 23.8 Å². The first kappa shape index (κ1) is 27.6. The number of carbonyl (C=O) groups excluding carboxylic acids is 2. The summed E-state index contributed by atoms with van der Waals surface area (Å²) in [5, 5.41) is 12.0. The van der Waals surface area contributed by atoms with Crippen LogP contribution in [-0.4, -0.2) is 64.4 Å². The Kier molecular flexibility index (Phi) is 7.22. The fraction of sp³-hybridized carbons (Fsp3) is 0.607. The lowest BCUT2D eigenvalue weighted by Gasteiger charge is -2.47. The zero-order chi connectivity index (χ0) is 28.1. The average molecular weight is 560 g/mol. The van der Waals surface area contributed by atoms with Crippen molar-refractivity contribution >= 4 is 29.4 Å². The molecule has 10 nitrogen and oxygen atoms in total. The van der Waals surface area contributed by atoms with Crippen molar-refractivity contribution in [3.8, 4) is 5.75 Å². The molecule has 3 fully saturated rings. The molecule has 212 valence electrons. The monoisotopic (exact) mass is 559 g/mol. The van der Waals surface area contributed by atoms with E-state index in [9.17, 15) is 19.5 Å². The van der Waals surface area contributed by atoms with Crippen LogP contribution in [0.4, 0.5) is 0 Å². The number of fused-ring (bicyclic) bond motifs is 1. The van der Waals surface area contributed by atoms with Crippen LogP contribution in [-0.2, 0) is 20.8 Å². The summed E-state index contributed by atoms with van der Waals surface area (Å²) in [6, 6.07) is 3.51. The van der Waals surface area contributed by atoms with Gasteiger partial charge in [0, 0.05) is 43.3 Å². The molecule has 5 N–H and O–H groups in total. The molecule has 0 aromatic heterocycles. The third-order valence-electron chi connectivity index (χ3n) is 9.06. The number of hydrazine groups is 1. The number of carboxylic acids is 1. The SMILES string of the molecule is CN(N)/C=C(\N)COc1ccc(Cl)c2c1C(N1CC3(CC3)CC1=O)N(C(=O)C1CCCC[C@]1(C)C(=O)O)CC2. The number of hydrogen-bond acceptors (Lipinski definition) is 7. The van der Waals surface area contributed by atoms with Gasteiger partial charge in [-0.3, -0.25) is 14.4 Å². The van der Waals surface area contributed by atoms with Crippen molar-refractivity contribution in [3.05, 3.63) is 40.2 Å². The van der Waals surface area contributed by atoms with Crippen LogP contribution in [0, 0.1) is 16.7 Å². The van der Waals surface area contributed by atoms with Gasteiger partial charge in [0.2, 0.25) is 11.8 Å². The molecule has 2 amide bonds. The summed E-state index contributed by atoms with van der Waals surface area (Å²) in [7, 11) is 1.65. The highest BCUT2D eigenvalue weighted by atomic mass is 35.5. The Hall–Kier alpha value is -2.98. The number of amides is 2. The molecule has 1 spiro atoms. The normalized spacial score (nSPS) is 27.9. The molecule has 39 heavy (non-hydrogen) atoms. The number of aliphatic carboxylic acids is 1. The number of carboxylic acid groups (broad SMARTS) is 1. The lowest BCUT2D eigenvalue weighted by molar-refractivity contribution is -0.165. The number of carbonyl (C=O) groups is 3. The maximum Gasteiger partial charge on any atom is 0.310 e. The van der Waals surface area contributed by atoms with Gasteiger partial charge in [-0.15, -0.1) is 0 Å². The highest BCUT2D eigenvalue weighted by Crippen LogP contribution is 2.56. The molecule has 11 heteroatoms. The van der Waals surface area contributed by atoms with Gasteiger partial charge in [0.15, 0.2) is 0 Å². The smallest absolute Gasteiger partial charge is 0.310 e. The van der Waals surface area contributed by atoms with Crippen molar-refractivity contribution in [2.75, 3.05) is 26.7 Å². The first-order chi connectivity index (χ1) is 18.5. The molecule has 3 atom stereocenters. The fourth-order valence-electron chi connectivity index (χ4n) is 6.65. The molecule has 1 aromatic carbocycles. The average Bonchev–Trinajstić information content (AvgIpc) is 3.56. The van der Waals surface area contributed by atoms with Gasteiger partial charge >= 0.3 is 5.97 Å². The van der Waals surface area contributed by atoms with Crippen LogP contribution in [0.2, 0.25) is 5.02 Å². The van der Waals surface area contributed by atoms with E-state index in [1.54, 1.807) is 42.1 Å². The minimum atomic E-state index is -1.16. The van der Waals surface area contributed by atoms with E-state index in [2.05, 4.69) is 0 Å². The minimum Gasteiger partial charge on any atom is -0.487 e. The molecule has 4 aliphatic rings. The van der Waals surface area contributed by atoms with Gasteiger partial charge in [0.05, 0.1) is 17.0 Å². The molecule has 0 radical (unpaired) electrons. The van der Waals surface area contributed by atoms with E-state index in [0.29, 0.717) is 60.8 Å². The molecular weight excluding hydrogens is 522 g/mol. The van der Waals surface area contributed by atoms with Crippen LogP contribution < -0.4 is 16.3 Å². The van der Waals surface area contributed by atoms with Crippen LogP contribution in [0.1, 0.15) is 69.2 Å². The van der Waals surface area contributed by atoms with Gasteiger partial charge in [-0.05, 0) is 62.1 Å². The van der Waals surface area contributed by atoms with Crippen molar-refractivity contribution in [3.63, 3.8) is 0 Å². The summed E-state index contributed by atoms with van der Waals surface area (Å²) in [5.74, 6) is 4.30. The lowest BCUT2D eigenvalue weighted by atomic mass is 9.66. The number of hydrogen-bond donors (Lipinski definition) is 3. The van der Waals surface area contributed by atoms with Crippen molar-refractivity contribution in [1.82, 2.24) is 14.8 Å². The maximum absolute atomic E-state index is 14.3. The molecule has 1 aromatic rings. The zero-order valence-electron chi connectivity index (χ0n) is 22.6. The van der Waals surface area contributed by atoms with Crippen LogP contribution in [0.15, 0.2) is 24.0 Å². The zero-order valence-corrected chi connectivity index (χ0v) is 23.4. The second-order valence-corrected chi connectivity index (χ2v) is 12.4. The predicted molar refractivity (Wildman–Crippen MR) is 145 cm³/mol. The van der Waals surface area contributed by atoms with Crippen molar-refractivity contribution < 1.29 is 24.2 Å². The standard InChI is InChI=1S/C28H38ClN5O5/c1-27(26(37)38)9-4-3-5-19(27)25(36)33-12-8-18-20(29)6-7-21(39-15-17(30)14-32(2)31)23(18)24(33)34-16-28(10-11-28)13-22(34)35/h6-7,14,19,24H,3-5,8-13,15-16,30-31H2,1-2H3,(H,37,38)/b17-14-/t19?,24?,27-/m0/s1. The summed E-state index contributed by atoms with van der Waals surface area (Å²) in [4.78, 5) is 43.7. The van der Waals surface area contributed by atoms with E-state index in [0.717, 1.165) is 31.2 Å². The van der Waals surface area contributed by atoms with E-state index < -0.39 is 23.5 Å². The van der Waals surface area contributed by atoms with Gasteiger partial charge in [-0.2, -0.15) is 0 Å². The molecule has 2 heterocycles. The third-order valence-corrected chi connectivity index (χ3v) is 9.42. The van der Waals surface area contributed by atoms with Crippen molar-refractivity contribution in [2.45, 2.75) is 64.5 Å². The lowest BCUT2D eigenvalue weighted by Crippen LogP contribution is -2.54. The summed E-state index contributed by atoms with van der Waals surface area (Å²) in [6.07, 6.45) is 6.21.